The maximum atomic E-state index is 5.97. The van der Waals surface area contributed by atoms with Crippen LogP contribution in [-0.4, -0.2) is 54.2 Å². The van der Waals surface area contributed by atoms with E-state index in [1.165, 1.54) is 16.8 Å². The number of hydrogen-bond acceptors (Lipinski definition) is 5. The van der Waals surface area contributed by atoms with E-state index in [4.69, 9.17) is 4.74 Å². The van der Waals surface area contributed by atoms with Crippen molar-refractivity contribution in [3.8, 4) is 5.88 Å². The fourth-order valence-corrected chi connectivity index (χ4v) is 3.77. The van der Waals surface area contributed by atoms with E-state index in [0.29, 0.717) is 12.5 Å². The normalized spacial score (nSPS) is 15.2. The summed E-state index contributed by atoms with van der Waals surface area (Å²) in [6.45, 7) is 12.1. The van der Waals surface area contributed by atoms with E-state index in [1.54, 1.807) is 0 Å². The fourth-order valence-electron chi connectivity index (χ4n) is 3.77. The highest BCUT2D eigenvalue weighted by atomic mass is 16.5. The third-order valence-corrected chi connectivity index (χ3v) is 5.64. The molecule has 1 saturated heterocycles. The molecule has 1 aliphatic rings. The van der Waals surface area contributed by atoms with Crippen LogP contribution in [0.25, 0.3) is 11.0 Å². The van der Waals surface area contributed by atoms with Crippen LogP contribution in [0.1, 0.15) is 16.8 Å². The molecule has 0 radical (unpaired) electrons. The topological polar surface area (TPSA) is 41.5 Å². The SMILES string of the molecule is Cc1cccc(N2CCN(CCOc3nc4ccccc4nc3C)CC2)c1C. The first-order chi connectivity index (χ1) is 13.6. The molecule has 4 rings (SSSR count). The van der Waals surface area contributed by atoms with E-state index < -0.39 is 0 Å². The van der Waals surface area contributed by atoms with Crippen molar-refractivity contribution in [2.75, 3.05) is 44.2 Å². The van der Waals surface area contributed by atoms with Crippen molar-refractivity contribution in [2.45, 2.75) is 20.8 Å². The van der Waals surface area contributed by atoms with E-state index >= 15 is 0 Å². The zero-order valence-corrected chi connectivity index (χ0v) is 17.0. The summed E-state index contributed by atoms with van der Waals surface area (Å²) in [4.78, 5) is 14.2. The lowest BCUT2D eigenvalue weighted by Gasteiger charge is -2.37. The molecule has 28 heavy (non-hydrogen) atoms. The minimum atomic E-state index is 0.636. The Bertz CT molecular complexity index is 964. The molecule has 0 unspecified atom stereocenters. The van der Waals surface area contributed by atoms with Gasteiger partial charge in [0.1, 0.15) is 12.3 Å². The molecular weight excluding hydrogens is 348 g/mol. The Kier molecular flexibility index (Phi) is 5.44. The van der Waals surface area contributed by atoms with Gasteiger partial charge >= 0.3 is 0 Å². The van der Waals surface area contributed by atoms with Gasteiger partial charge in [-0.1, -0.05) is 24.3 Å². The van der Waals surface area contributed by atoms with Crippen LogP contribution in [0, 0.1) is 20.8 Å². The summed E-state index contributed by atoms with van der Waals surface area (Å²) in [5, 5.41) is 0. The molecule has 3 aromatic rings. The van der Waals surface area contributed by atoms with Crippen molar-refractivity contribution < 1.29 is 4.74 Å². The van der Waals surface area contributed by atoms with Gasteiger partial charge in [0.2, 0.25) is 5.88 Å². The highest BCUT2D eigenvalue weighted by Crippen LogP contribution is 2.24. The Morgan fingerprint density at radius 3 is 2.32 bits per heavy atom. The van der Waals surface area contributed by atoms with Crippen LogP contribution in [0.15, 0.2) is 42.5 Å². The smallest absolute Gasteiger partial charge is 0.235 e. The van der Waals surface area contributed by atoms with E-state index in [2.05, 4.69) is 51.8 Å². The number of ether oxygens (including phenoxy) is 1. The van der Waals surface area contributed by atoms with E-state index in [-0.39, 0.29) is 0 Å². The molecule has 5 heteroatoms. The molecule has 0 saturated carbocycles. The van der Waals surface area contributed by atoms with Gasteiger partial charge in [0.25, 0.3) is 0 Å². The average Bonchev–Trinajstić information content (AvgIpc) is 2.71. The average molecular weight is 377 g/mol. The molecule has 146 valence electrons. The largest absolute Gasteiger partial charge is 0.475 e. The standard InChI is InChI=1S/C23H28N4O/c1-17-7-6-10-22(18(17)2)27-13-11-26(12-14-27)15-16-28-23-19(3)24-20-8-4-5-9-21(20)25-23/h4-10H,11-16H2,1-3H3. The molecule has 0 spiro atoms. The molecule has 0 atom stereocenters. The second kappa shape index (κ2) is 8.15. The molecule has 5 nitrogen and oxygen atoms in total. The monoisotopic (exact) mass is 376 g/mol. The molecule has 0 N–H and O–H groups in total. The Labute approximate surface area is 167 Å². The number of aryl methyl sites for hydroxylation is 2. The van der Waals surface area contributed by atoms with Gasteiger partial charge in [-0.05, 0) is 50.1 Å². The van der Waals surface area contributed by atoms with Crippen molar-refractivity contribution >= 4 is 16.7 Å². The van der Waals surface area contributed by atoms with Crippen LogP contribution in [0.3, 0.4) is 0 Å². The Hall–Kier alpha value is -2.66. The number of piperazine rings is 1. The summed E-state index contributed by atoms with van der Waals surface area (Å²) in [6.07, 6.45) is 0. The van der Waals surface area contributed by atoms with Crippen molar-refractivity contribution in [1.29, 1.82) is 0 Å². The van der Waals surface area contributed by atoms with Crippen molar-refractivity contribution in [3.05, 3.63) is 59.3 Å². The molecular formula is C23H28N4O. The number of benzene rings is 2. The number of hydrogen-bond donors (Lipinski definition) is 0. The number of para-hydroxylation sites is 2. The first-order valence-corrected chi connectivity index (χ1v) is 10.0. The third-order valence-electron chi connectivity index (χ3n) is 5.64. The Morgan fingerprint density at radius 2 is 1.57 bits per heavy atom. The van der Waals surface area contributed by atoms with E-state index in [9.17, 15) is 0 Å². The summed E-state index contributed by atoms with van der Waals surface area (Å²) in [5.41, 5.74) is 6.77. The minimum absolute atomic E-state index is 0.636. The minimum Gasteiger partial charge on any atom is -0.475 e. The molecule has 0 aliphatic carbocycles. The molecule has 1 aliphatic heterocycles. The number of rotatable bonds is 5. The first kappa shape index (κ1) is 18.7. The maximum Gasteiger partial charge on any atom is 0.235 e. The summed E-state index contributed by atoms with van der Waals surface area (Å²) < 4.78 is 5.97. The van der Waals surface area contributed by atoms with Crippen LogP contribution in [0.2, 0.25) is 0 Å². The number of aromatic nitrogens is 2. The van der Waals surface area contributed by atoms with Crippen LogP contribution in [0.4, 0.5) is 5.69 Å². The van der Waals surface area contributed by atoms with Crippen LogP contribution in [0.5, 0.6) is 5.88 Å². The molecule has 1 aromatic heterocycles. The van der Waals surface area contributed by atoms with Crippen molar-refractivity contribution in [3.63, 3.8) is 0 Å². The highest BCUT2D eigenvalue weighted by Gasteiger charge is 2.19. The van der Waals surface area contributed by atoms with Gasteiger partial charge in [-0.2, -0.15) is 0 Å². The van der Waals surface area contributed by atoms with Crippen LogP contribution >= 0.6 is 0 Å². The Balaban J connectivity index is 1.30. The lowest BCUT2D eigenvalue weighted by atomic mass is 10.1. The lowest BCUT2D eigenvalue weighted by molar-refractivity contribution is 0.196. The summed E-state index contributed by atoms with van der Waals surface area (Å²) in [6, 6.07) is 14.5. The second-order valence-corrected chi connectivity index (χ2v) is 7.50. The van der Waals surface area contributed by atoms with Crippen molar-refractivity contribution in [2.24, 2.45) is 0 Å². The Morgan fingerprint density at radius 1 is 0.857 bits per heavy atom. The highest BCUT2D eigenvalue weighted by molar-refractivity contribution is 5.74. The van der Waals surface area contributed by atoms with Gasteiger partial charge in [0.05, 0.1) is 11.0 Å². The van der Waals surface area contributed by atoms with Gasteiger partial charge in [0.15, 0.2) is 0 Å². The van der Waals surface area contributed by atoms with Gasteiger partial charge in [0, 0.05) is 38.4 Å². The molecule has 0 amide bonds. The molecule has 2 aromatic carbocycles. The van der Waals surface area contributed by atoms with Crippen LogP contribution in [-0.2, 0) is 0 Å². The van der Waals surface area contributed by atoms with Gasteiger partial charge in [-0.15, -0.1) is 0 Å². The lowest BCUT2D eigenvalue weighted by Crippen LogP contribution is -2.47. The molecule has 2 heterocycles. The predicted octanol–water partition coefficient (Wildman–Crippen LogP) is 3.76. The molecule has 1 fully saturated rings. The fraction of sp³-hybridized carbons (Fsp3) is 0.391. The summed E-state index contributed by atoms with van der Waals surface area (Å²) in [5.74, 6) is 0.646. The van der Waals surface area contributed by atoms with Gasteiger partial charge in [-0.25, -0.2) is 9.97 Å². The quantitative estimate of drug-likeness (QED) is 0.678. The van der Waals surface area contributed by atoms with E-state index in [1.807, 2.05) is 31.2 Å². The first-order valence-electron chi connectivity index (χ1n) is 10.0. The van der Waals surface area contributed by atoms with Gasteiger partial charge in [-0.3, -0.25) is 4.90 Å². The zero-order chi connectivity index (χ0) is 19.5. The van der Waals surface area contributed by atoms with E-state index in [0.717, 1.165) is 49.5 Å². The maximum absolute atomic E-state index is 5.97. The zero-order valence-electron chi connectivity index (χ0n) is 17.0. The predicted molar refractivity (Wildman–Crippen MR) is 114 cm³/mol. The molecule has 0 bridgehead atoms. The van der Waals surface area contributed by atoms with Crippen molar-refractivity contribution in [1.82, 2.24) is 14.9 Å². The third kappa shape index (κ3) is 3.94. The summed E-state index contributed by atoms with van der Waals surface area (Å²) in [7, 11) is 0. The van der Waals surface area contributed by atoms with Crippen LogP contribution < -0.4 is 9.64 Å². The number of anilines is 1. The number of fused-ring (bicyclic) bond motifs is 1. The van der Waals surface area contributed by atoms with Gasteiger partial charge < -0.3 is 9.64 Å². The number of nitrogens with zero attached hydrogens (tertiary/aromatic N) is 4. The summed E-state index contributed by atoms with van der Waals surface area (Å²) >= 11 is 0. The second-order valence-electron chi connectivity index (χ2n) is 7.50.